The molecule has 0 N–H and O–H groups in total. The fraction of sp³-hybridized carbons (Fsp3) is 0.714. The predicted octanol–water partition coefficient (Wildman–Crippen LogP) is 3.17. The Balaban J connectivity index is 1.76. The molecule has 16 heavy (non-hydrogen) atoms. The second-order valence-corrected chi connectivity index (χ2v) is 5.33. The molecule has 1 aliphatic carbocycles. The molecule has 2 heteroatoms. The van der Waals surface area contributed by atoms with Gasteiger partial charge in [-0.05, 0) is 18.4 Å². The normalized spacial score (nSPS) is 23.9. The summed E-state index contributed by atoms with van der Waals surface area (Å²) in [5, 5.41) is 0. The fourth-order valence-electron chi connectivity index (χ4n) is 2.09. The molecule has 0 radical (unpaired) electrons. The zero-order valence-electron chi connectivity index (χ0n) is 10.3. The average Bonchev–Trinajstić information content (AvgIpc) is 2.94. The highest BCUT2D eigenvalue weighted by Crippen LogP contribution is 2.34. The maximum Gasteiger partial charge on any atom is 0.183 e. The van der Waals surface area contributed by atoms with E-state index in [1.807, 2.05) is 19.9 Å². The molecule has 1 saturated carbocycles. The first kappa shape index (κ1) is 11.6. The third-order valence-electron chi connectivity index (χ3n) is 3.37. The van der Waals surface area contributed by atoms with Gasteiger partial charge >= 0.3 is 0 Å². The number of carbonyl (C=O) groups excluding carboxylic acids is 1. The molecule has 0 bridgehead atoms. The minimum Gasteiger partial charge on any atom is -0.292 e. The number of nitrogens with zero attached hydrogens (tertiary/aromatic N) is 1. The van der Waals surface area contributed by atoms with Crippen LogP contribution in [-0.2, 0) is 4.79 Å². The van der Waals surface area contributed by atoms with Gasteiger partial charge in [0.15, 0.2) is 5.78 Å². The molecule has 0 amide bonds. The lowest BCUT2D eigenvalue weighted by Crippen LogP contribution is -2.16. The van der Waals surface area contributed by atoms with Crippen molar-refractivity contribution in [2.45, 2.75) is 52.0 Å². The number of rotatable bonds is 6. The Hall–Kier alpha value is -0.920. The highest BCUT2D eigenvalue weighted by Gasteiger charge is 2.22. The smallest absolute Gasteiger partial charge is 0.183 e. The molecule has 2 nitrogen and oxygen atoms in total. The Kier molecular flexibility index (Phi) is 3.57. The zero-order chi connectivity index (χ0) is 11.5. The summed E-state index contributed by atoms with van der Waals surface area (Å²) in [4.78, 5) is 16.2. The Morgan fingerprint density at radius 3 is 2.81 bits per heavy atom. The molecular weight excluding hydrogens is 198 g/mol. The van der Waals surface area contributed by atoms with Crippen LogP contribution in [0.5, 0.6) is 0 Å². The van der Waals surface area contributed by atoms with E-state index >= 15 is 0 Å². The van der Waals surface area contributed by atoms with Crippen LogP contribution < -0.4 is 0 Å². The van der Waals surface area contributed by atoms with E-state index in [1.165, 1.54) is 25.7 Å². The molecule has 0 saturated heterocycles. The van der Waals surface area contributed by atoms with Gasteiger partial charge in [-0.25, -0.2) is 0 Å². The van der Waals surface area contributed by atoms with Crippen LogP contribution in [0.15, 0.2) is 17.1 Å². The summed E-state index contributed by atoms with van der Waals surface area (Å²) < 4.78 is 0. The van der Waals surface area contributed by atoms with E-state index in [2.05, 4.69) is 11.1 Å². The maximum atomic E-state index is 11.7. The van der Waals surface area contributed by atoms with Gasteiger partial charge in [0, 0.05) is 5.92 Å². The zero-order valence-corrected chi connectivity index (χ0v) is 10.3. The van der Waals surface area contributed by atoms with Gasteiger partial charge < -0.3 is 0 Å². The summed E-state index contributed by atoms with van der Waals surface area (Å²) in [5.74, 6) is 1.25. The van der Waals surface area contributed by atoms with E-state index in [4.69, 9.17) is 0 Å². The quantitative estimate of drug-likeness (QED) is 0.674. The van der Waals surface area contributed by atoms with Crippen LogP contribution in [0.2, 0.25) is 0 Å². The molecule has 0 spiro atoms. The van der Waals surface area contributed by atoms with Crippen molar-refractivity contribution in [3.8, 4) is 0 Å². The van der Waals surface area contributed by atoms with Crippen LogP contribution in [-0.4, -0.2) is 17.5 Å². The number of Topliss-reactive ketones (excluding diaryl/α,β-unsaturated/α-hetero) is 1. The number of ketones is 1. The molecular formula is C14H21NO. The van der Waals surface area contributed by atoms with Crippen LogP contribution in [0.3, 0.4) is 0 Å². The van der Waals surface area contributed by atoms with Crippen LogP contribution in [0.4, 0.5) is 0 Å². The van der Waals surface area contributed by atoms with Crippen molar-refractivity contribution < 1.29 is 4.79 Å². The van der Waals surface area contributed by atoms with Gasteiger partial charge in [-0.1, -0.05) is 45.6 Å². The van der Waals surface area contributed by atoms with Gasteiger partial charge in [0.2, 0.25) is 0 Å². The molecule has 1 fully saturated rings. The van der Waals surface area contributed by atoms with Crippen molar-refractivity contribution in [1.82, 2.24) is 0 Å². The Morgan fingerprint density at radius 2 is 2.19 bits per heavy atom. The van der Waals surface area contributed by atoms with Crippen molar-refractivity contribution in [2.24, 2.45) is 16.8 Å². The lowest BCUT2D eigenvalue weighted by Gasteiger charge is -2.05. The van der Waals surface area contributed by atoms with Crippen molar-refractivity contribution in [2.75, 3.05) is 0 Å². The lowest BCUT2D eigenvalue weighted by molar-refractivity contribution is -0.115. The van der Waals surface area contributed by atoms with E-state index < -0.39 is 0 Å². The van der Waals surface area contributed by atoms with Gasteiger partial charge in [-0.3, -0.25) is 9.79 Å². The summed E-state index contributed by atoms with van der Waals surface area (Å²) in [6.45, 7) is 3.86. The summed E-state index contributed by atoms with van der Waals surface area (Å²) in [6, 6.07) is 0.274. The van der Waals surface area contributed by atoms with Gasteiger partial charge in [-0.2, -0.15) is 0 Å². The summed E-state index contributed by atoms with van der Waals surface area (Å²) in [5.41, 5.74) is 0.687. The third-order valence-corrected chi connectivity index (χ3v) is 3.37. The van der Waals surface area contributed by atoms with Crippen molar-refractivity contribution in [1.29, 1.82) is 0 Å². The van der Waals surface area contributed by atoms with Crippen LogP contribution in [0, 0.1) is 11.8 Å². The number of aliphatic imine (C=N–C) groups is 1. The average molecular weight is 219 g/mol. The third kappa shape index (κ3) is 3.03. The van der Waals surface area contributed by atoms with Gasteiger partial charge in [0.1, 0.15) is 5.71 Å². The second-order valence-electron chi connectivity index (χ2n) is 5.33. The van der Waals surface area contributed by atoms with Gasteiger partial charge in [0.05, 0.1) is 6.04 Å². The van der Waals surface area contributed by atoms with Crippen LogP contribution in [0.25, 0.3) is 0 Å². The minimum atomic E-state index is 0.0635. The van der Waals surface area contributed by atoms with E-state index in [0.717, 1.165) is 12.3 Å². The summed E-state index contributed by atoms with van der Waals surface area (Å²) >= 11 is 0. The Bertz CT molecular complexity index is 324. The summed E-state index contributed by atoms with van der Waals surface area (Å²) in [6.07, 6.45) is 10.6. The number of carbonyl (C=O) groups is 1. The standard InChI is InChI=1S/C14H21NO/c1-10(2)14(16)13-9-8-12(15-13)5-3-4-11-6-7-11/h8-12H,3-7H2,1-2H3. The number of hydrogen-bond donors (Lipinski definition) is 0. The Labute approximate surface area is 97.8 Å². The van der Waals surface area contributed by atoms with Crippen LogP contribution in [0.1, 0.15) is 46.0 Å². The van der Waals surface area contributed by atoms with Crippen molar-refractivity contribution >= 4 is 11.5 Å². The molecule has 1 heterocycles. The molecule has 2 rings (SSSR count). The molecule has 0 aromatic rings. The molecule has 2 aliphatic rings. The van der Waals surface area contributed by atoms with E-state index in [9.17, 15) is 4.79 Å². The molecule has 1 unspecified atom stereocenters. The van der Waals surface area contributed by atoms with E-state index in [0.29, 0.717) is 5.71 Å². The predicted molar refractivity (Wildman–Crippen MR) is 66.8 cm³/mol. The highest BCUT2D eigenvalue weighted by molar-refractivity contribution is 6.45. The molecule has 88 valence electrons. The molecule has 1 aliphatic heterocycles. The number of allylic oxidation sites excluding steroid dienone is 1. The molecule has 0 aromatic heterocycles. The SMILES string of the molecule is CC(C)C(=O)C1=NC(CCCC2CC2)C=C1. The Morgan fingerprint density at radius 1 is 1.44 bits per heavy atom. The van der Waals surface area contributed by atoms with Gasteiger partial charge in [-0.15, -0.1) is 0 Å². The lowest BCUT2D eigenvalue weighted by atomic mass is 10.1. The monoisotopic (exact) mass is 219 g/mol. The second kappa shape index (κ2) is 4.94. The summed E-state index contributed by atoms with van der Waals surface area (Å²) in [7, 11) is 0. The first-order valence-corrected chi connectivity index (χ1v) is 6.47. The number of hydrogen-bond acceptors (Lipinski definition) is 2. The van der Waals surface area contributed by atoms with Gasteiger partial charge in [0.25, 0.3) is 0 Å². The first-order valence-electron chi connectivity index (χ1n) is 6.47. The maximum absolute atomic E-state index is 11.7. The van der Waals surface area contributed by atoms with E-state index in [-0.39, 0.29) is 17.7 Å². The fourth-order valence-corrected chi connectivity index (χ4v) is 2.09. The van der Waals surface area contributed by atoms with Crippen molar-refractivity contribution in [3.63, 3.8) is 0 Å². The largest absolute Gasteiger partial charge is 0.292 e. The molecule has 1 atom stereocenters. The van der Waals surface area contributed by atoms with E-state index in [1.54, 1.807) is 0 Å². The minimum absolute atomic E-state index is 0.0635. The highest BCUT2D eigenvalue weighted by atomic mass is 16.1. The topological polar surface area (TPSA) is 29.4 Å². The van der Waals surface area contributed by atoms with Crippen molar-refractivity contribution in [3.05, 3.63) is 12.2 Å². The first-order chi connectivity index (χ1) is 7.66. The molecule has 0 aromatic carbocycles. The van der Waals surface area contributed by atoms with Crippen LogP contribution >= 0.6 is 0 Å².